The van der Waals surface area contributed by atoms with Crippen LogP contribution in [0.15, 0.2) is 63.3 Å². The number of pyridine rings is 1. The summed E-state index contributed by atoms with van der Waals surface area (Å²) in [5.74, 6) is 0.491. The Balaban J connectivity index is 1.67. The second-order valence-corrected chi connectivity index (χ2v) is 6.25. The highest BCUT2D eigenvalue weighted by atomic mass is 33.1. The lowest BCUT2D eigenvalue weighted by Gasteiger charge is -1.97. The number of benzene rings is 1. The predicted octanol–water partition coefficient (Wildman–Crippen LogP) is 4.24. The van der Waals surface area contributed by atoms with E-state index in [0.717, 1.165) is 10.5 Å². The van der Waals surface area contributed by atoms with Crippen LogP contribution in [0.5, 0.6) is 0 Å². The molecule has 100 valence electrons. The number of aromatic nitrogens is 3. The second-order valence-electron chi connectivity index (χ2n) is 4.09. The van der Waals surface area contributed by atoms with Gasteiger partial charge in [-0.2, -0.15) is 0 Å². The molecule has 0 unspecified atom stereocenters. The van der Waals surface area contributed by atoms with Crippen LogP contribution in [0, 0.1) is 6.92 Å². The van der Waals surface area contributed by atoms with Crippen LogP contribution in [0.25, 0.3) is 11.5 Å². The van der Waals surface area contributed by atoms with Gasteiger partial charge < -0.3 is 4.42 Å². The molecule has 0 fully saturated rings. The van der Waals surface area contributed by atoms with Crippen LogP contribution in [-0.2, 0) is 0 Å². The molecular formula is C14H11N3OS2. The minimum atomic E-state index is 0.491. The molecule has 6 heteroatoms. The normalized spacial score (nSPS) is 10.7. The van der Waals surface area contributed by atoms with Gasteiger partial charge in [0.2, 0.25) is 5.89 Å². The van der Waals surface area contributed by atoms with Crippen LogP contribution in [0.3, 0.4) is 0 Å². The monoisotopic (exact) mass is 301 g/mol. The third kappa shape index (κ3) is 3.20. The topological polar surface area (TPSA) is 51.8 Å². The fourth-order valence-corrected chi connectivity index (χ4v) is 3.17. The molecule has 2 aromatic heterocycles. The molecular weight excluding hydrogens is 290 g/mol. The van der Waals surface area contributed by atoms with Crippen molar-refractivity contribution < 1.29 is 4.42 Å². The van der Waals surface area contributed by atoms with Gasteiger partial charge in [-0.25, -0.2) is 0 Å². The second kappa shape index (κ2) is 6.11. The molecule has 1 aromatic carbocycles. The fourth-order valence-electron chi connectivity index (χ4n) is 1.53. The molecule has 0 aliphatic rings. The van der Waals surface area contributed by atoms with E-state index in [0.29, 0.717) is 11.1 Å². The summed E-state index contributed by atoms with van der Waals surface area (Å²) in [6.07, 6.45) is 3.41. The van der Waals surface area contributed by atoms with Crippen LogP contribution < -0.4 is 0 Å². The van der Waals surface area contributed by atoms with Gasteiger partial charge in [-0.3, -0.25) is 4.98 Å². The first-order valence-corrected chi connectivity index (χ1v) is 8.11. The van der Waals surface area contributed by atoms with E-state index < -0.39 is 0 Å². The van der Waals surface area contributed by atoms with Gasteiger partial charge >= 0.3 is 0 Å². The van der Waals surface area contributed by atoms with Crippen molar-refractivity contribution in [3.05, 3.63) is 54.4 Å². The van der Waals surface area contributed by atoms with Crippen molar-refractivity contribution in [2.75, 3.05) is 0 Å². The maximum atomic E-state index is 5.60. The SMILES string of the molecule is Cc1ccc(SSc2nnc(-c3cccnc3)o2)cc1. The Bertz CT molecular complexity index is 683. The van der Waals surface area contributed by atoms with Gasteiger partial charge in [0.15, 0.2) is 0 Å². The minimum Gasteiger partial charge on any atom is -0.411 e. The Morgan fingerprint density at radius 2 is 1.85 bits per heavy atom. The van der Waals surface area contributed by atoms with Gasteiger partial charge in [-0.15, -0.1) is 5.10 Å². The van der Waals surface area contributed by atoms with Gasteiger partial charge in [0.25, 0.3) is 5.22 Å². The molecule has 0 saturated carbocycles. The number of hydrogen-bond donors (Lipinski definition) is 0. The highest BCUT2D eigenvalue weighted by molar-refractivity contribution is 8.76. The van der Waals surface area contributed by atoms with Gasteiger partial charge in [0, 0.05) is 28.1 Å². The predicted molar refractivity (Wildman–Crippen MR) is 80.4 cm³/mol. The first-order valence-electron chi connectivity index (χ1n) is 5.96. The molecule has 3 rings (SSSR count). The summed E-state index contributed by atoms with van der Waals surface area (Å²) in [5, 5.41) is 8.58. The molecule has 0 amide bonds. The highest BCUT2D eigenvalue weighted by Gasteiger charge is 2.09. The maximum absolute atomic E-state index is 5.60. The Morgan fingerprint density at radius 3 is 2.60 bits per heavy atom. The van der Waals surface area contributed by atoms with Crippen molar-refractivity contribution in [2.45, 2.75) is 17.0 Å². The fraction of sp³-hybridized carbons (Fsp3) is 0.0714. The first-order chi connectivity index (χ1) is 9.81. The van der Waals surface area contributed by atoms with E-state index in [4.69, 9.17) is 4.42 Å². The van der Waals surface area contributed by atoms with Crippen molar-refractivity contribution in [3.63, 3.8) is 0 Å². The van der Waals surface area contributed by atoms with Crippen LogP contribution in [0.1, 0.15) is 5.56 Å². The van der Waals surface area contributed by atoms with Crippen LogP contribution in [0.4, 0.5) is 0 Å². The van der Waals surface area contributed by atoms with Crippen LogP contribution >= 0.6 is 21.6 Å². The summed E-state index contributed by atoms with van der Waals surface area (Å²) >= 11 is 0. The third-order valence-electron chi connectivity index (χ3n) is 2.55. The molecule has 0 radical (unpaired) electrons. The Morgan fingerprint density at radius 1 is 1.00 bits per heavy atom. The largest absolute Gasteiger partial charge is 0.411 e. The molecule has 0 atom stereocenters. The average Bonchev–Trinajstić information content (AvgIpc) is 2.97. The van der Waals surface area contributed by atoms with Crippen LogP contribution in [-0.4, -0.2) is 15.2 Å². The standard InChI is InChI=1S/C14H11N3OS2/c1-10-4-6-12(7-5-10)19-20-14-17-16-13(18-14)11-3-2-8-15-9-11/h2-9H,1H3. The summed E-state index contributed by atoms with van der Waals surface area (Å²) in [4.78, 5) is 5.19. The lowest BCUT2D eigenvalue weighted by atomic mass is 10.2. The molecule has 3 aromatic rings. The Labute approximate surface area is 124 Å². The summed E-state index contributed by atoms with van der Waals surface area (Å²) < 4.78 is 5.60. The Hall–Kier alpha value is -1.79. The van der Waals surface area contributed by atoms with Crippen molar-refractivity contribution >= 4 is 21.6 Å². The van der Waals surface area contributed by atoms with Gasteiger partial charge in [-0.05, 0) is 42.0 Å². The van der Waals surface area contributed by atoms with Crippen molar-refractivity contribution in [1.82, 2.24) is 15.2 Å². The highest BCUT2D eigenvalue weighted by Crippen LogP contribution is 2.37. The van der Waals surface area contributed by atoms with Crippen molar-refractivity contribution in [1.29, 1.82) is 0 Å². The van der Waals surface area contributed by atoms with E-state index in [1.807, 2.05) is 12.1 Å². The molecule has 0 aliphatic carbocycles. The van der Waals surface area contributed by atoms with Gasteiger partial charge in [0.05, 0.1) is 5.56 Å². The molecule has 0 N–H and O–H groups in total. The number of hydrogen-bond acceptors (Lipinski definition) is 6. The molecule has 0 spiro atoms. The van der Waals surface area contributed by atoms with E-state index in [1.54, 1.807) is 23.2 Å². The van der Waals surface area contributed by atoms with E-state index in [2.05, 4.69) is 46.4 Å². The van der Waals surface area contributed by atoms with E-state index in [1.165, 1.54) is 16.4 Å². The smallest absolute Gasteiger partial charge is 0.288 e. The average molecular weight is 301 g/mol. The molecule has 0 aliphatic heterocycles. The van der Waals surface area contributed by atoms with E-state index >= 15 is 0 Å². The Kier molecular flexibility index (Phi) is 4.03. The zero-order valence-corrected chi connectivity index (χ0v) is 12.3. The third-order valence-corrected chi connectivity index (χ3v) is 4.66. The van der Waals surface area contributed by atoms with Gasteiger partial charge in [0.1, 0.15) is 0 Å². The van der Waals surface area contributed by atoms with Gasteiger partial charge in [-0.1, -0.05) is 22.8 Å². The zero-order chi connectivity index (χ0) is 13.8. The van der Waals surface area contributed by atoms with E-state index in [-0.39, 0.29) is 0 Å². The number of aryl methyl sites for hydroxylation is 1. The lowest BCUT2D eigenvalue weighted by Crippen LogP contribution is -1.78. The molecule has 20 heavy (non-hydrogen) atoms. The van der Waals surface area contributed by atoms with Crippen molar-refractivity contribution in [3.8, 4) is 11.5 Å². The number of nitrogens with zero attached hydrogens (tertiary/aromatic N) is 3. The lowest BCUT2D eigenvalue weighted by molar-refractivity contribution is 0.467. The van der Waals surface area contributed by atoms with Crippen LogP contribution in [0.2, 0.25) is 0 Å². The van der Waals surface area contributed by atoms with Crippen molar-refractivity contribution in [2.24, 2.45) is 0 Å². The summed E-state index contributed by atoms with van der Waals surface area (Å²) in [5.41, 5.74) is 2.07. The maximum Gasteiger partial charge on any atom is 0.288 e. The quantitative estimate of drug-likeness (QED) is 0.672. The molecule has 0 saturated heterocycles. The zero-order valence-electron chi connectivity index (χ0n) is 10.7. The minimum absolute atomic E-state index is 0.491. The molecule has 0 bridgehead atoms. The first kappa shape index (κ1) is 13.2. The number of rotatable bonds is 4. The summed E-state index contributed by atoms with van der Waals surface area (Å²) in [6.45, 7) is 2.07. The molecule has 2 heterocycles. The molecule has 4 nitrogen and oxygen atoms in total. The summed E-state index contributed by atoms with van der Waals surface area (Å²) in [7, 11) is 3.05. The van der Waals surface area contributed by atoms with E-state index in [9.17, 15) is 0 Å². The summed E-state index contributed by atoms with van der Waals surface area (Å²) in [6, 6.07) is 12.0.